The fraction of sp³-hybridized carbons (Fsp3) is 0.533. The Labute approximate surface area is 109 Å². The van der Waals surface area contributed by atoms with Gasteiger partial charge in [-0.15, -0.1) is 0 Å². The minimum absolute atomic E-state index is 0.189. The van der Waals surface area contributed by atoms with E-state index in [9.17, 15) is 4.79 Å². The van der Waals surface area contributed by atoms with Crippen molar-refractivity contribution < 1.29 is 4.79 Å². The maximum absolute atomic E-state index is 11.8. The molecular weight excluding hydrogens is 224 g/mol. The van der Waals surface area contributed by atoms with Gasteiger partial charge in [0.2, 0.25) is 5.91 Å². The quantitative estimate of drug-likeness (QED) is 0.816. The lowest BCUT2D eigenvalue weighted by Crippen LogP contribution is -2.36. The summed E-state index contributed by atoms with van der Waals surface area (Å²) < 4.78 is 0. The lowest BCUT2D eigenvalue weighted by atomic mass is 10.0. The summed E-state index contributed by atoms with van der Waals surface area (Å²) in [5.41, 5.74) is 2.62. The zero-order valence-corrected chi connectivity index (χ0v) is 11.5. The molecule has 1 fully saturated rings. The van der Waals surface area contributed by atoms with Gasteiger partial charge in [0.05, 0.1) is 6.54 Å². The van der Waals surface area contributed by atoms with E-state index >= 15 is 0 Å². The van der Waals surface area contributed by atoms with Crippen LogP contribution in [0.15, 0.2) is 24.3 Å². The van der Waals surface area contributed by atoms with Crippen molar-refractivity contribution in [2.75, 3.05) is 27.2 Å². The minimum atomic E-state index is 0.189. The first-order valence-corrected chi connectivity index (χ1v) is 6.58. The van der Waals surface area contributed by atoms with Crippen molar-refractivity contribution in [3.8, 4) is 0 Å². The first-order chi connectivity index (χ1) is 8.58. The van der Waals surface area contributed by atoms with Crippen LogP contribution in [0.3, 0.4) is 0 Å². The molecule has 0 N–H and O–H groups in total. The van der Waals surface area contributed by atoms with E-state index in [1.807, 2.05) is 14.1 Å². The zero-order chi connectivity index (χ0) is 13.1. The van der Waals surface area contributed by atoms with E-state index in [-0.39, 0.29) is 5.91 Å². The smallest absolute Gasteiger partial charge is 0.236 e. The Balaban J connectivity index is 2.07. The van der Waals surface area contributed by atoms with Crippen LogP contribution in [-0.2, 0) is 4.79 Å². The summed E-state index contributed by atoms with van der Waals surface area (Å²) in [4.78, 5) is 15.8. The number of rotatable bonds is 3. The molecule has 1 atom stereocenters. The SMILES string of the molecule is Cc1ccc(C2CCCN2CC(=O)N(C)C)cc1. The standard InChI is InChI=1S/C15H22N2O/c1-12-6-8-13(9-7-12)14-5-4-10-17(14)11-15(18)16(2)3/h6-9,14H,4-5,10-11H2,1-3H3. The fourth-order valence-corrected chi connectivity index (χ4v) is 2.50. The number of hydrogen-bond donors (Lipinski definition) is 0. The van der Waals surface area contributed by atoms with Gasteiger partial charge in [-0.2, -0.15) is 0 Å². The Bertz CT molecular complexity index is 411. The molecule has 3 nitrogen and oxygen atoms in total. The number of carbonyl (C=O) groups excluding carboxylic acids is 1. The van der Waals surface area contributed by atoms with Gasteiger partial charge in [-0.25, -0.2) is 0 Å². The molecule has 0 aromatic heterocycles. The number of amides is 1. The Kier molecular flexibility index (Phi) is 4.02. The van der Waals surface area contributed by atoms with E-state index in [1.54, 1.807) is 4.90 Å². The molecule has 3 heteroatoms. The molecule has 0 saturated carbocycles. The number of carbonyl (C=O) groups is 1. The van der Waals surface area contributed by atoms with E-state index in [0.29, 0.717) is 12.6 Å². The second-order valence-corrected chi connectivity index (χ2v) is 5.33. The lowest BCUT2D eigenvalue weighted by Gasteiger charge is -2.25. The topological polar surface area (TPSA) is 23.6 Å². The second kappa shape index (κ2) is 5.53. The molecule has 1 amide bonds. The monoisotopic (exact) mass is 246 g/mol. The molecule has 18 heavy (non-hydrogen) atoms. The maximum Gasteiger partial charge on any atom is 0.236 e. The van der Waals surface area contributed by atoms with Crippen LogP contribution in [0.25, 0.3) is 0 Å². The molecule has 2 rings (SSSR count). The second-order valence-electron chi connectivity index (χ2n) is 5.33. The van der Waals surface area contributed by atoms with Crippen molar-refractivity contribution in [3.63, 3.8) is 0 Å². The van der Waals surface area contributed by atoms with Crippen LogP contribution in [-0.4, -0.2) is 42.9 Å². The average Bonchev–Trinajstić information content (AvgIpc) is 2.78. The summed E-state index contributed by atoms with van der Waals surface area (Å²) in [5.74, 6) is 0.189. The van der Waals surface area contributed by atoms with E-state index < -0.39 is 0 Å². The number of nitrogens with zero attached hydrogens (tertiary/aromatic N) is 2. The Morgan fingerprint density at radius 3 is 2.61 bits per heavy atom. The van der Waals surface area contributed by atoms with E-state index in [2.05, 4.69) is 36.1 Å². The molecule has 98 valence electrons. The lowest BCUT2D eigenvalue weighted by molar-refractivity contribution is -0.130. The van der Waals surface area contributed by atoms with Gasteiger partial charge in [0, 0.05) is 20.1 Å². The van der Waals surface area contributed by atoms with E-state index in [0.717, 1.165) is 13.0 Å². The fourth-order valence-electron chi connectivity index (χ4n) is 2.50. The Morgan fingerprint density at radius 2 is 2.00 bits per heavy atom. The highest BCUT2D eigenvalue weighted by molar-refractivity contribution is 5.77. The van der Waals surface area contributed by atoms with Gasteiger partial charge >= 0.3 is 0 Å². The Hall–Kier alpha value is -1.35. The number of benzene rings is 1. The predicted octanol–water partition coefficient (Wildman–Crippen LogP) is 2.22. The largest absolute Gasteiger partial charge is 0.348 e. The van der Waals surface area contributed by atoms with Crippen molar-refractivity contribution in [2.45, 2.75) is 25.8 Å². The molecule has 1 unspecified atom stereocenters. The van der Waals surface area contributed by atoms with Crippen molar-refractivity contribution >= 4 is 5.91 Å². The molecule has 1 aliphatic heterocycles. The summed E-state index contributed by atoms with van der Waals surface area (Å²) in [6.07, 6.45) is 2.34. The average molecular weight is 246 g/mol. The molecular formula is C15H22N2O. The maximum atomic E-state index is 11.8. The third kappa shape index (κ3) is 2.91. The van der Waals surface area contributed by atoms with Crippen LogP contribution < -0.4 is 0 Å². The van der Waals surface area contributed by atoms with Crippen LogP contribution in [0.1, 0.15) is 30.0 Å². The van der Waals surface area contributed by atoms with E-state index in [1.165, 1.54) is 17.5 Å². The van der Waals surface area contributed by atoms with Crippen LogP contribution in [0, 0.1) is 6.92 Å². The number of likely N-dealkylation sites (tertiary alicyclic amines) is 1. The number of likely N-dealkylation sites (N-methyl/N-ethyl adjacent to an activating group) is 1. The summed E-state index contributed by atoms with van der Waals surface area (Å²) in [7, 11) is 3.64. The zero-order valence-electron chi connectivity index (χ0n) is 11.5. The summed E-state index contributed by atoms with van der Waals surface area (Å²) >= 11 is 0. The highest BCUT2D eigenvalue weighted by Crippen LogP contribution is 2.31. The van der Waals surface area contributed by atoms with Crippen molar-refractivity contribution in [2.24, 2.45) is 0 Å². The van der Waals surface area contributed by atoms with Crippen LogP contribution in [0.2, 0.25) is 0 Å². The van der Waals surface area contributed by atoms with Crippen LogP contribution in [0.4, 0.5) is 0 Å². The van der Waals surface area contributed by atoms with Crippen molar-refractivity contribution in [1.29, 1.82) is 0 Å². The molecule has 0 aliphatic carbocycles. The van der Waals surface area contributed by atoms with Gasteiger partial charge in [0.1, 0.15) is 0 Å². The summed E-state index contributed by atoms with van der Waals surface area (Å²) in [5, 5.41) is 0. The Morgan fingerprint density at radius 1 is 1.33 bits per heavy atom. The molecule has 1 aromatic carbocycles. The van der Waals surface area contributed by atoms with Gasteiger partial charge in [0.15, 0.2) is 0 Å². The van der Waals surface area contributed by atoms with Gasteiger partial charge in [-0.3, -0.25) is 9.69 Å². The molecule has 0 bridgehead atoms. The van der Waals surface area contributed by atoms with Crippen LogP contribution >= 0.6 is 0 Å². The third-order valence-electron chi connectivity index (χ3n) is 3.66. The molecule has 1 saturated heterocycles. The molecule has 1 aromatic rings. The first-order valence-electron chi connectivity index (χ1n) is 6.58. The number of aryl methyl sites for hydroxylation is 1. The normalized spacial score (nSPS) is 20.1. The van der Waals surface area contributed by atoms with E-state index in [4.69, 9.17) is 0 Å². The van der Waals surface area contributed by atoms with Gasteiger partial charge in [0.25, 0.3) is 0 Å². The van der Waals surface area contributed by atoms with Crippen molar-refractivity contribution in [3.05, 3.63) is 35.4 Å². The van der Waals surface area contributed by atoms with Gasteiger partial charge < -0.3 is 4.90 Å². The molecule has 1 aliphatic rings. The number of hydrogen-bond acceptors (Lipinski definition) is 2. The first kappa shape index (κ1) is 13.1. The molecule has 0 spiro atoms. The minimum Gasteiger partial charge on any atom is -0.348 e. The highest BCUT2D eigenvalue weighted by Gasteiger charge is 2.27. The van der Waals surface area contributed by atoms with Gasteiger partial charge in [-0.1, -0.05) is 29.8 Å². The molecule has 1 heterocycles. The third-order valence-corrected chi connectivity index (χ3v) is 3.66. The van der Waals surface area contributed by atoms with Gasteiger partial charge in [-0.05, 0) is 31.9 Å². The summed E-state index contributed by atoms with van der Waals surface area (Å²) in [6.45, 7) is 3.66. The predicted molar refractivity (Wildman–Crippen MR) is 73.4 cm³/mol. The molecule has 0 radical (unpaired) electrons. The highest BCUT2D eigenvalue weighted by atomic mass is 16.2. The van der Waals surface area contributed by atoms with Crippen molar-refractivity contribution in [1.82, 2.24) is 9.80 Å². The summed E-state index contributed by atoms with van der Waals surface area (Å²) in [6, 6.07) is 9.10. The van der Waals surface area contributed by atoms with Crippen LogP contribution in [0.5, 0.6) is 0 Å².